The van der Waals surface area contributed by atoms with Gasteiger partial charge in [0, 0.05) is 11.8 Å². The van der Waals surface area contributed by atoms with E-state index in [1.54, 1.807) is 0 Å². The van der Waals surface area contributed by atoms with Crippen LogP contribution in [0.4, 0.5) is 0 Å². The molecule has 0 heterocycles. The molecule has 1 nitrogen and oxygen atoms in total. The number of benzene rings is 1. The first-order valence-electron chi connectivity index (χ1n) is 7.49. The van der Waals surface area contributed by atoms with Crippen LogP contribution in [0.5, 0.6) is 0 Å². The van der Waals surface area contributed by atoms with Crippen LogP contribution in [0.2, 0.25) is 0 Å². The molecule has 0 aromatic heterocycles. The molecule has 0 radical (unpaired) electrons. The van der Waals surface area contributed by atoms with Gasteiger partial charge in [0.25, 0.3) is 0 Å². The monoisotopic (exact) mass is 279 g/mol. The Morgan fingerprint density at radius 2 is 1.89 bits per heavy atom. The van der Waals surface area contributed by atoms with Gasteiger partial charge in [-0.2, -0.15) is 11.8 Å². The molecule has 0 aliphatic heterocycles. The van der Waals surface area contributed by atoms with Crippen LogP contribution in [0.1, 0.15) is 38.3 Å². The van der Waals surface area contributed by atoms with Crippen molar-refractivity contribution >= 4 is 11.8 Å². The van der Waals surface area contributed by atoms with Crippen LogP contribution in [0.25, 0.3) is 0 Å². The minimum absolute atomic E-state index is 0.602. The van der Waals surface area contributed by atoms with Crippen molar-refractivity contribution in [2.24, 2.45) is 5.92 Å². The van der Waals surface area contributed by atoms with E-state index in [1.165, 1.54) is 29.1 Å². The third-order valence-corrected chi connectivity index (χ3v) is 4.72. The van der Waals surface area contributed by atoms with Gasteiger partial charge in [0.2, 0.25) is 0 Å². The van der Waals surface area contributed by atoms with Crippen molar-refractivity contribution in [2.45, 2.75) is 46.6 Å². The number of hydrogen-bond donors (Lipinski definition) is 1. The molecule has 0 aliphatic carbocycles. The van der Waals surface area contributed by atoms with Crippen molar-refractivity contribution in [3.8, 4) is 0 Å². The predicted octanol–water partition coefficient (Wildman–Crippen LogP) is 4.29. The Morgan fingerprint density at radius 1 is 1.16 bits per heavy atom. The van der Waals surface area contributed by atoms with E-state index in [9.17, 15) is 0 Å². The number of thioether (sulfide) groups is 1. The Bertz CT molecular complexity index is 349. The summed E-state index contributed by atoms with van der Waals surface area (Å²) in [5.74, 6) is 3.26. The molecule has 1 aromatic rings. The van der Waals surface area contributed by atoms with E-state index in [2.05, 4.69) is 69.0 Å². The summed E-state index contributed by atoms with van der Waals surface area (Å²) in [6, 6.07) is 9.36. The van der Waals surface area contributed by atoms with Gasteiger partial charge in [-0.3, -0.25) is 0 Å². The highest BCUT2D eigenvalue weighted by atomic mass is 32.2. The van der Waals surface area contributed by atoms with E-state index in [-0.39, 0.29) is 0 Å². The second-order valence-corrected chi connectivity index (χ2v) is 6.79. The van der Waals surface area contributed by atoms with Crippen LogP contribution in [0, 0.1) is 12.8 Å². The van der Waals surface area contributed by atoms with Gasteiger partial charge < -0.3 is 5.32 Å². The lowest BCUT2D eigenvalue weighted by Gasteiger charge is -2.20. The fraction of sp³-hybridized carbons (Fsp3) is 0.647. The van der Waals surface area contributed by atoms with Crippen molar-refractivity contribution in [3.05, 3.63) is 35.4 Å². The zero-order chi connectivity index (χ0) is 14.1. The molecule has 0 fully saturated rings. The first-order valence-corrected chi connectivity index (χ1v) is 8.64. The molecule has 1 rings (SSSR count). The summed E-state index contributed by atoms with van der Waals surface area (Å²) < 4.78 is 0. The van der Waals surface area contributed by atoms with Crippen LogP contribution in [-0.4, -0.2) is 24.1 Å². The van der Waals surface area contributed by atoms with E-state index < -0.39 is 0 Å². The second-order valence-electron chi connectivity index (χ2n) is 5.71. The van der Waals surface area contributed by atoms with E-state index in [0.29, 0.717) is 6.04 Å². The van der Waals surface area contributed by atoms with Crippen molar-refractivity contribution in [1.82, 2.24) is 5.32 Å². The summed E-state index contributed by atoms with van der Waals surface area (Å²) in [7, 11) is 0. The summed E-state index contributed by atoms with van der Waals surface area (Å²) >= 11 is 2.08. The van der Waals surface area contributed by atoms with Crippen molar-refractivity contribution in [1.29, 1.82) is 0 Å². The van der Waals surface area contributed by atoms with Gasteiger partial charge in [-0.15, -0.1) is 0 Å². The molecule has 1 aromatic carbocycles. The summed E-state index contributed by atoms with van der Waals surface area (Å²) in [5, 5.41) is 3.70. The standard InChI is InChI=1S/C17H29NS/c1-5-10-18-17(13-19-12-14(2)3)11-16-9-7-6-8-15(16)4/h6-9,14,17-18H,5,10-13H2,1-4H3. The summed E-state index contributed by atoms with van der Waals surface area (Å²) in [6.07, 6.45) is 2.36. The van der Waals surface area contributed by atoms with Gasteiger partial charge in [0.05, 0.1) is 0 Å². The maximum atomic E-state index is 3.70. The highest BCUT2D eigenvalue weighted by molar-refractivity contribution is 7.99. The van der Waals surface area contributed by atoms with Gasteiger partial charge in [0.15, 0.2) is 0 Å². The fourth-order valence-electron chi connectivity index (χ4n) is 2.09. The molecule has 0 saturated heterocycles. The fourth-order valence-corrected chi connectivity index (χ4v) is 3.22. The first kappa shape index (κ1) is 16.6. The number of rotatable bonds is 9. The Labute approximate surface area is 123 Å². The minimum atomic E-state index is 0.602. The average molecular weight is 279 g/mol. The number of aryl methyl sites for hydroxylation is 1. The van der Waals surface area contributed by atoms with Gasteiger partial charge in [0.1, 0.15) is 0 Å². The minimum Gasteiger partial charge on any atom is -0.313 e. The molecule has 1 unspecified atom stereocenters. The number of nitrogens with one attached hydrogen (secondary N) is 1. The van der Waals surface area contributed by atoms with Crippen LogP contribution >= 0.6 is 11.8 Å². The van der Waals surface area contributed by atoms with Crippen molar-refractivity contribution < 1.29 is 0 Å². The average Bonchev–Trinajstić information content (AvgIpc) is 2.37. The molecule has 0 bridgehead atoms. The molecule has 0 amide bonds. The molecular weight excluding hydrogens is 250 g/mol. The van der Waals surface area contributed by atoms with E-state index in [1.807, 2.05) is 0 Å². The van der Waals surface area contributed by atoms with Crippen LogP contribution in [0.15, 0.2) is 24.3 Å². The predicted molar refractivity (Wildman–Crippen MR) is 89.1 cm³/mol. The molecule has 0 spiro atoms. The highest BCUT2D eigenvalue weighted by Crippen LogP contribution is 2.14. The van der Waals surface area contributed by atoms with Gasteiger partial charge >= 0.3 is 0 Å². The maximum Gasteiger partial charge on any atom is 0.0198 e. The summed E-state index contributed by atoms with van der Waals surface area (Å²) in [4.78, 5) is 0. The van der Waals surface area contributed by atoms with Gasteiger partial charge in [-0.1, -0.05) is 45.0 Å². The number of hydrogen-bond acceptors (Lipinski definition) is 2. The normalized spacial score (nSPS) is 12.9. The Balaban J connectivity index is 2.51. The third kappa shape index (κ3) is 7.03. The van der Waals surface area contributed by atoms with Crippen LogP contribution in [0.3, 0.4) is 0 Å². The lowest BCUT2D eigenvalue weighted by molar-refractivity contribution is 0.548. The molecule has 108 valence electrons. The summed E-state index contributed by atoms with van der Waals surface area (Å²) in [5.41, 5.74) is 2.90. The van der Waals surface area contributed by atoms with E-state index >= 15 is 0 Å². The summed E-state index contributed by atoms with van der Waals surface area (Å²) in [6.45, 7) is 10.2. The molecular formula is C17H29NS. The lowest BCUT2D eigenvalue weighted by atomic mass is 10.0. The van der Waals surface area contributed by atoms with Crippen LogP contribution in [-0.2, 0) is 6.42 Å². The molecule has 1 N–H and O–H groups in total. The second kappa shape index (κ2) is 9.44. The molecule has 0 saturated carbocycles. The molecule has 1 atom stereocenters. The Kier molecular flexibility index (Phi) is 8.24. The van der Waals surface area contributed by atoms with E-state index in [0.717, 1.165) is 18.9 Å². The zero-order valence-corrected chi connectivity index (χ0v) is 13.7. The Morgan fingerprint density at radius 3 is 2.53 bits per heavy atom. The largest absolute Gasteiger partial charge is 0.313 e. The van der Waals surface area contributed by atoms with Gasteiger partial charge in [-0.25, -0.2) is 0 Å². The third-order valence-electron chi connectivity index (χ3n) is 3.18. The van der Waals surface area contributed by atoms with Crippen molar-refractivity contribution in [2.75, 3.05) is 18.1 Å². The highest BCUT2D eigenvalue weighted by Gasteiger charge is 2.10. The zero-order valence-electron chi connectivity index (χ0n) is 12.9. The quantitative estimate of drug-likeness (QED) is 0.723. The molecule has 2 heteroatoms. The molecule has 0 aliphatic rings. The van der Waals surface area contributed by atoms with Crippen molar-refractivity contribution in [3.63, 3.8) is 0 Å². The van der Waals surface area contributed by atoms with E-state index in [4.69, 9.17) is 0 Å². The topological polar surface area (TPSA) is 12.0 Å². The first-order chi connectivity index (χ1) is 9.13. The van der Waals surface area contributed by atoms with Crippen LogP contribution < -0.4 is 5.32 Å². The maximum absolute atomic E-state index is 3.70. The lowest BCUT2D eigenvalue weighted by Crippen LogP contribution is -2.34. The molecule has 19 heavy (non-hydrogen) atoms. The smallest absolute Gasteiger partial charge is 0.0198 e. The Hall–Kier alpha value is -0.470. The van der Waals surface area contributed by atoms with Gasteiger partial charge in [-0.05, 0) is 49.1 Å². The SMILES string of the molecule is CCCNC(CSCC(C)C)Cc1ccccc1C.